The summed E-state index contributed by atoms with van der Waals surface area (Å²) in [5.41, 5.74) is 1.91. The molecule has 0 heterocycles. The van der Waals surface area contributed by atoms with Crippen LogP contribution in [0.15, 0.2) is 60.7 Å². The summed E-state index contributed by atoms with van der Waals surface area (Å²) in [6.45, 7) is 6.02. The van der Waals surface area contributed by atoms with Crippen LogP contribution >= 0.6 is 0 Å². The predicted molar refractivity (Wildman–Crippen MR) is 106 cm³/mol. The van der Waals surface area contributed by atoms with Crippen LogP contribution in [-0.2, 0) is 16.1 Å². The Morgan fingerprint density at radius 1 is 0.926 bits per heavy atom. The van der Waals surface area contributed by atoms with Crippen molar-refractivity contribution in [3.63, 3.8) is 0 Å². The molecule has 144 valence electrons. The Hall–Kier alpha value is -2.82. The van der Waals surface area contributed by atoms with E-state index >= 15 is 0 Å². The maximum absolute atomic E-state index is 12.8. The van der Waals surface area contributed by atoms with Gasteiger partial charge in [-0.3, -0.25) is 4.79 Å². The normalized spacial score (nSPS) is 13.9. The summed E-state index contributed by atoms with van der Waals surface area (Å²) in [6, 6.07) is 18.4. The lowest BCUT2D eigenvalue weighted by molar-refractivity contribution is -0.124. The van der Waals surface area contributed by atoms with Gasteiger partial charge < -0.3 is 15.4 Å². The van der Waals surface area contributed by atoms with Crippen LogP contribution in [0.2, 0.25) is 0 Å². The quantitative estimate of drug-likeness (QED) is 0.734. The van der Waals surface area contributed by atoms with Gasteiger partial charge in [0.1, 0.15) is 12.6 Å². The van der Waals surface area contributed by atoms with Crippen molar-refractivity contribution in [1.29, 1.82) is 0 Å². The molecule has 27 heavy (non-hydrogen) atoms. The van der Waals surface area contributed by atoms with E-state index in [9.17, 15) is 9.59 Å². The average Bonchev–Trinajstić information content (AvgIpc) is 2.71. The van der Waals surface area contributed by atoms with E-state index in [1.165, 1.54) is 0 Å². The van der Waals surface area contributed by atoms with Crippen LogP contribution in [-0.4, -0.2) is 18.0 Å². The molecule has 5 nitrogen and oxygen atoms in total. The van der Waals surface area contributed by atoms with E-state index in [0.717, 1.165) is 17.5 Å². The highest BCUT2D eigenvalue weighted by molar-refractivity contribution is 5.86. The second-order valence-electron chi connectivity index (χ2n) is 6.71. The highest BCUT2D eigenvalue weighted by atomic mass is 16.5. The Labute approximate surface area is 161 Å². The van der Waals surface area contributed by atoms with Crippen molar-refractivity contribution in [2.24, 2.45) is 5.92 Å². The molecule has 2 amide bonds. The van der Waals surface area contributed by atoms with Crippen molar-refractivity contribution in [2.45, 2.75) is 45.9 Å². The maximum atomic E-state index is 12.8. The predicted octanol–water partition coefficient (Wildman–Crippen LogP) is 4.20. The van der Waals surface area contributed by atoms with Crippen molar-refractivity contribution in [1.82, 2.24) is 10.6 Å². The van der Waals surface area contributed by atoms with Crippen molar-refractivity contribution in [3.05, 3.63) is 71.8 Å². The third-order valence-corrected chi connectivity index (χ3v) is 4.64. The Kier molecular flexibility index (Phi) is 7.86. The molecule has 0 unspecified atom stereocenters. The Bertz CT molecular complexity index is 719. The number of carbonyl (C=O) groups excluding carboxylic acids is 2. The summed E-state index contributed by atoms with van der Waals surface area (Å²) < 4.78 is 5.26. The summed E-state index contributed by atoms with van der Waals surface area (Å²) in [5.74, 6) is -0.227. The van der Waals surface area contributed by atoms with Gasteiger partial charge in [-0.15, -0.1) is 0 Å². The van der Waals surface area contributed by atoms with Gasteiger partial charge in [-0.05, 0) is 24.0 Å². The molecular weight excluding hydrogens is 340 g/mol. The summed E-state index contributed by atoms with van der Waals surface area (Å²) in [6.07, 6.45) is 0.170. The van der Waals surface area contributed by atoms with Gasteiger partial charge in [0.05, 0.1) is 6.04 Å². The van der Waals surface area contributed by atoms with Crippen molar-refractivity contribution >= 4 is 12.0 Å². The first-order chi connectivity index (χ1) is 13.0. The minimum atomic E-state index is -0.649. The van der Waals surface area contributed by atoms with E-state index < -0.39 is 12.1 Å². The second kappa shape index (κ2) is 10.4. The molecule has 2 aromatic rings. The molecule has 2 aromatic carbocycles. The van der Waals surface area contributed by atoms with Gasteiger partial charge in [-0.2, -0.15) is 0 Å². The largest absolute Gasteiger partial charge is 0.445 e. The van der Waals surface area contributed by atoms with Crippen molar-refractivity contribution < 1.29 is 14.3 Å². The van der Waals surface area contributed by atoms with Crippen LogP contribution in [0.3, 0.4) is 0 Å². The third-order valence-electron chi connectivity index (χ3n) is 4.64. The molecule has 0 aliphatic carbocycles. The number of hydrogen-bond donors (Lipinski definition) is 2. The van der Waals surface area contributed by atoms with Gasteiger partial charge >= 0.3 is 6.09 Å². The van der Waals surface area contributed by atoms with Crippen LogP contribution in [0.5, 0.6) is 0 Å². The number of rotatable bonds is 8. The molecule has 0 aliphatic heterocycles. The van der Waals surface area contributed by atoms with E-state index in [1.807, 2.05) is 81.4 Å². The molecule has 0 saturated heterocycles. The minimum absolute atomic E-state index is 0.0164. The smallest absolute Gasteiger partial charge is 0.408 e. The first-order valence-electron chi connectivity index (χ1n) is 9.33. The van der Waals surface area contributed by atoms with E-state index in [4.69, 9.17) is 4.74 Å². The number of carbonyl (C=O) groups is 2. The first-order valence-corrected chi connectivity index (χ1v) is 9.33. The van der Waals surface area contributed by atoms with Gasteiger partial charge in [-0.25, -0.2) is 4.79 Å². The summed E-state index contributed by atoms with van der Waals surface area (Å²) in [4.78, 5) is 24.9. The molecule has 2 rings (SSSR count). The second-order valence-corrected chi connectivity index (χ2v) is 6.71. The van der Waals surface area contributed by atoms with E-state index in [0.29, 0.717) is 0 Å². The standard InChI is InChI=1S/C22H28N2O3/c1-4-16(2)20(21(25)23-17(3)19-13-9-6-10-14-19)24-22(26)27-15-18-11-7-5-8-12-18/h5-14,16-17,20H,4,15H2,1-3H3,(H,23,25)(H,24,26)/t16-,17+,20-/m0/s1. The Morgan fingerprint density at radius 3 is 2.11 bits per heavy atom. The first kappa shape index (κ1) is 20.5. The number of ether oxygens (including phenoxy) is 1. The fraction of sp³-hybridized carbons (Fsp3) is 0.364. The molecular formula is C22H28N2O3. The number of nitrogens with one attached hydrogen (secondary N) is 2. The number of benzene rings is 2. The van der Waals surface area contributed by atoms with E-state index in [1.54, 1.807) is 0 Å². The van der Waals surface area contributed by atoms with Crippen LogP contribution in [0, 0.1) is 5.92 Å². The number of hydrogen-bond acceptors (Lipinski definition) is 3. The lowest BCUT2D eigenvalue weighted by Crippen LogP contribution is -2.50. The molecule has 0 fully saturated rings. The zero-order chi connectivity index (χ0) is 19.6. The highest BCUT2D eigenvalue weighted by Gasteiger charge is 2.27. The molecule has 0 bridgehead atoms. The third kappa shape index (κ3) is 6.44. The maximum Gasteiger partial charge on any atom is 0.408 e. The van der Waals surface area contributed by atoms with E-state index in [-0.39, 0.29) is 24.5 Å². The highest BCUT2D eigenvalue weighted by Crippen LogP contribution is 2.14. The molecule has 0 aromatic heterocycles. The van der Waals surface area contributed by atoms with Crippen LogP contribution < -0.4 is 10.6 Å². The van der Waals surface area contributed by atoms with Crippen LogP contribution in [0.1, 0.15) is 44.4 Å². The number of alkyl carbamates (subject to hydrolysis) is 1. The molecule has 3 atom stereocenters. The molecule has 0 saturated carbocycles. The van der Waals surface area contributed by atoms with Crippen LogP contribution in [0.4, 0.5) is 4.79 Å². The molecule has 2 N–H and O–H groups in total. The summed E-state index contributed by atoms with van der Waals surface area (Å²) in [5, 5.41) is 5.70. The Morgan fingerprint density at radius 2 is 1.52 bits per heavy atom. The lowest BCUT2D eigenvalue weighted by Gasteiger charge is -2.25. The van der Waals surface area contributed by atoms with Gasteiger partial charge in [0.2, 0.25) is 5.91 Å². The SMILES string of the molecule is CC[C@H](C)[C@H](NC(=O)OCc1ccccc1)C(=O)N[C@H](C)c1ccccc1. The monoisotopic (exact) mass is 368 g/mol. The fourth-order valence-electron chi connectivity index (χ4n) is 2.72. The molecule has 0 spiro atoms. The average molecular weight is 368 g/mol. The molecule has 0 radical (unpaired) electrons. The van der Waals surface area contributed by atoms with Crippen molar-refractivity contribution in [2.75, 3.05) is 0 Å². The van der Waals surface area contributed by atoms with Gasteiger partial charge in [0.15, 0.2) is 0 Å². The fourth-order valence-corrected chi connectivity index (χ4v) is 2.72. The zero-order valence-electron chi connectivity index (χ0n) is 16.1. The molecule has 0 aliphatic rings. The summed E-state index contributed by atoms with van der Waals surface area (Å²) in [7, 11) is 0. The minimum Gasteiger partial charge on any atom is -0.445 e. The lowest BCUT2D eigenvalue weighted by atomic mass is 9.97. The van der Waals surface area contributed by atoms with Gasteiger partial charge in [-0.1, -0.05) is 80.9 Å². The van der Waals surface area contributed by atoms with E-state index in [2.05, 4.69) is 10.6 Å². The topological polar surface area (TPSA) is 67.4 Å². The molecule has 5 heteroatoms. The summed E-state index contributed by atoms with van der Waals surface area (Å²) >= 11 is 0. The van der Waals surface area contributed by atoms with Crippen LogP contribution in [0.25, 0.3) is 0 Å². The zero-order valence-corrected chi connectivity index (χ0v) is 16.1. The Balaban J connectivity index is 1.95. The number of amides is 2. The van der Waals surface area contributed by atoms with Gasteiger partial charge in [0, 0.05) is 0 Å². The van der Waals surface area contributed by atoms with Gasteiger partial charge in [0.25, 0.3) is 0 Å². The van der Waals surface area contributed by atoms with Crippen molar-refractivity contribution in [3.8, 4) is 0 Å².